The lowest BCUT2D eigenvalue weighted by atomic mass is 10.3. The number of benzene rings is 1. The summed E-state index contributed by atoms with van der Waals surface area (Å²) in [6.45, 7) is 5.82. The number of aliphatic imine (C=N–C) groups is 1. The average molecular weight is 342 g/mol. The number of rotatable bonds is 8. The van der Waals surface area contributed by atoms with Gasteiger partial charge < -0.3 is 20.1 Å². The molecule has 2 aromatic rings. The summed E-state index contributed by atoms with van der Waals surface area (Å²) < 4.78 is 11.2. The molecule has 0 atom stereocenters. The molecule has 1 heterocycles. The van der Waals surface area contributed by atoms with Gasteiger partial charge in [0.1, 0.15) is 12.4 Å². The molecule has 0 saturated heterocycles. The van der Waals surface area contributed by atoms with Crippen LogP contribution in [-0.2, 0) is 6.54 Å². The molecule has 0 aliphatic heterocycles. The molecule has 0 aliphatic carbocycles. The van der Waals surface area contributed by atoms with E-state index in [4.69, 9.17) is 9.47 Å². The van der Waals surface area contributed by atoms with E-state index in [1.54, 1.807) is 13.2 Å². The van der Waals surface area contributed by atoms with E-state index in [0.29, 0.717) is 25.6 Å². The molecule has 134 valence electrons. The monoisotopic (exact) mass is 342 g/mol. The van der Waals surface area contributed by atoms with Crippen LogP contribution in [0.15, 0.2) is 53.7 Å². The number of nitrogens with zero attached hydrogens (tertiary/aromatic N) is 2. The minimum absolute atomic E-state index is 0.123. The Bertz CT molecular complexity index is 642. The molecule has 0 unspecified atom stereocenters. The third kappa shape index (κ3) is 7.12. The van der Waals surface area contributed by atoms with Gasteiger partial charge in [0.25, 0.3) is 0 Å². The average Bonchev–Trinajstić information content (AvgIpc) is 2.63. The number of pyridine rings is 1. The van der Waals surface area contributed by atoms with Crippen molar-refractivity contribution in [1.82, 2.24) is 15.6 Å². The third-order valence-electron chi connectivity index (χ3n) is 3.24. The van der Waals surface area contributed by atoms with E-state index in [2.05, 4.69) is 20.6 Å². The first-order valence-corrected chi connectivity index (χ1v) is 8.41. The summed E-state index contributed by atoms with van der Waals surface area (Å²) in [4.78, 5) is 8.49. The highest BCUT2D eigenvalue weighted by molar-refractivity contribution is 5.79. The normalized spacial score (nSPS) is 11.3. The molecule has 0 aliphatic rings. The first-order chi connectivity index (χ1) is 12.2. The molecule has 1 aromatic heterocycles. The Kier molecular flexibility index (Phi) is 7.56. The number of aromatic nitrogens is 1. The maximum absolute atomic E-state index is 5.64. The fourth-order valence-corrected chi connectivity index (χ4v) is 2.09. The highest BCUT2D eigenvalue weighted by atomic mass is 16.5. The van der Waals surface area contributed by atoms with Crippen LogP contribution >= 0.6 is 0 Å². The molecule has 1 aromatic carbocycles. The van der Waals surface area contributed by atoms with Crippen LogP contribution < -0.4 is 20.1 Å². The fraction of sp³-hybridized carbons (Fsp3) is 0.368. The molecule has 0 fully saturated rings. The molecule has 6 heteroatoms. The number of nitrogens with one attached hydrogen (secondary N) is 2. The second-order valence-electron chi connectivity index (χ2n) is 5.69. The summed E-state index contributed by atoms with van der Waals surface area (Å²) in [7, 11) is 1.74. The van der Waals surface area contributed by atoms with Crippen LogP contribution in [0.1, 0.15) is 19.4 Å². The second-order valence-corrected chi connectivity index (χ2v) is 5.69. The number of guanidine groups is 1. The zero-order chi connectivity index (χ0) is 17.9. The van der Waals surface area contributed by atoms with Crippen LogP contribution in [0.25, 0.3) is 0 Å². The Balaban J connectivity index is 1.69. The van der Waals surface area contributed by atoms with Crippen molar-refractivity contribution in [3.63, 3.8) is 0 Å². The van der Waals surface area contributed by atoms with Gasteiger partial charge in [-0.2, -0.15) is 0 Å². The summed E-state index contributed by atoms with van der Waals surface area (Å²) in [6, 6.07) is 13.6. The zero-order valence-electron chi connectivity index (χ0n) is 15.0. The standard InChI is InChI=1S/C19H26N4O2/c1-15(2)25-18-10-9-16(13-22-18)14-23-19(20-3)21-11-12-24-17-7-5-4-6-8-17/h4-10,13,15H,11-12,14H2,1-3H3,(H2,20,21,23). The second kappa shape index (κ2) is 10.2. The molecule has 0 spiro atoms. The molecule has 2 rings (SSSR count). The lowest BCUT2D eigenvalue weighted by Crippen LogP contribution is -2.38. The summed E-state index contributed by atoms with van der Waals surface area (Å²) in [6.07, 6.45) is 1.92. The van der Waals surface area contributed by atoms with Crippen molar-refractivity contribution in [2.45, 2.75) is 26.5 Å². The maximum Gasteiger partial charge on any atom is 0.213 e. The van der Waals surface area contributed by atoms with Gasteiger partial charge in [0, 0.05) is 25.9 Å². The molecule has 0 saturated carbocycles. The summed E-state index contributed by atoms with van der Waals surface area (Å²) in [5.74, 6) is 2.22. The minimum Gasteiger partial charge on any atom is -0.492 e. The van der Waals surface area contributed by atoms with Crippen molar-refractivity contribution < 1.29 is 9.47 Å². The molecule has 6 nitrogen and oxygen atoms in total. The highest BCUT2D eigenvalue weighted by Gasteiger charge is 2.01. The van der Waals surface area contributed by atoms with Gasteiger partial charge in [-0.05, 0) is 31.5 Å². The van der Waals surface area contributed by atoms with Gasteiger partial charge in [-0.25, -0.2) is 4.98 Å². The number of hydrogen-bond acceptors (Lipinski definition) is 4. The van der Waals surface area contributed by atoms with Crippen LogP contribution in [0.3, 0.4) is 0 Å². The zero-order valence-corrected chi connectivity index (χ0v) is 15.0. The van der Waals surface area contributed by atoms with Crippen LogP contribution in [-0.4, -0.2) is 37.2 Å². The van der Waals surface area contributed by atoms with Crippen LogP contribution in [0.2, 0.25) is 0 Å². The topological polar surface area (TPSA) is 67.8 Å². The van der Waals surface area contributed by atoms with Crippen LogP contribution in [0.5, 0.6) is 11.6 Å². The summed E-state index contributed by atoms with van der Waals surface area (Å²) >= 11 is 0. The Labute approximate surface area is 149 Å². The van der Waals surface area contributed by atoms with Crippen molar-refractivity contribution in [3.8, 4) is 11.6 Å². The molecule has 25 heavy (non-hydrogen) atoms. The van der Waals surface area contributed by atoms with Crippen molar-refractivity contribution in [1.29, 1.82) is 0 Å². The summed E-state index contributed by atoms with van der Waals surface area (Å²) in [5.41, 5.74) is 1.06. The van der Waals surface area contributed by atoms with Crippen molar-refractivity contribution in [2.24, 2.45) is 4.99 Å². The molecule has 2 N–H and O–H groups in total. The van der Waals surface area contributed by atoms with Gasteiger partial charge in [-0.1, -0.05) is 24.3 Å². The fourth-order valence-electron chi connectivity index (χ4n) is 2.09. The Morgan fingerprint density at radius 1 is 1.12 bits per heavy atom. The maximum atomic E-state index is 5.64. The van der Waals surface area contributed by atoms with Gasteiger partial charge in [-0.15, -0.1) is 0 Å². The number of hydrogen-bond donors (Lipinski definition) is 2. The van der Waals surface area contributed by atoms with Crippen LogP contribution in [0.4, 0.5) is 0 Å². The van der Waals surface area contributed by atoms with Crippen molar-refractivity contribution in [3.05, 3.63) is 54.2 Å². The van der Waals surface area contributed by atoms with E-state index in [1.165, 1.54) is 0 Å². The van der Waals surface area contributed by atoms with Gasteiger partial charge in [0.2, 0.25) is 5.88 Å². The first kappa shape index (κ1) is 18.6. The van der Waals surface area contributed by atoms with E-state index in [9.17, 15) is 0 Å². The summed E-state index contributed by atoms with van der Waals surface area (Å²) in [5, 5.41) is 6.46. The minimum atomic E-state index is 0.123. The Morgan fingerprint density at radius 2 is 1.92 bits per heavy atom. The predicted octanol–water partition coefficient (Wildman–Crippen LogP) is 2.61. The highest BCUT2D eigenvalue weighted by Crippen LogP contribution is 2.09. The SMILES string of the molecule is CN=C(NCCOc1ccccc1)NCc1ccc(OC(C)C)nc1. The lowest BCUT2D eigenvalue weighted by Gasteiger charge is -2.13. The van der Waals surface area contributed by atoms with E-state index < -0.39 is 0 Å². The molecular formula is C19H26N4O2. The van der Waals surface area contributed by atoms with Crippen molar-refractivity contribution in [2.75, 3.05) is 20.2 Å². The largest absolute Gasteiger partial charge is 0.492 e. The molecule has 0 bridgehead atoms. The number of ether oxygens (including phenoxy) is 2. The predicted molar refractivity (Wildman–Crippen MR) is 100 cm³/mol. The van der Waals surface area contributed by atoms with E-state index in [-0.39, 0.29) is 6.10 Å². The van der Waals surface area contributed by atoms with Crippen molar-refractivity contribution >= 4 is 5.96 Å². The Morgan fingerprint density at radius 3 is 2.56 bits per heavy atom. The first-order valence-electron chi connectivity index (χ1n) is 8.41. The molecule has 0 amide bonds. The van der Waals surface area contributed by atoms with Gasteiger partial charge >= 0.3 is 0 Å². The van der Waals surface area contributed by atoms with Crippen LogP contribution in [0, 0.1) is 0 Å². The Hall–Kier alpha value is -2.76. The molecular weight excluding hydrogens is 316 g/mol. The van der Waals surface area contributed by atoms with Gasteiger partial charge in [-0.3, -0.25) is 4.99 Å². The smallest absolute Gasteiger partial charge is 0.213 e. The van der Waals surface area contributed by atoms with E-state index >= 15 is 0 Å². The van der Waals surface area contributed by atoms with E-state index in [0.717, 1.165) is 17.3 Å². The lowest BCUT2D eigenvalue weighted by molar-refractivity contribution is 0.232. The van der Waals surface area contributed by atoms with Gasteiger partial charge in [0.15, 0.2) is 5.96 Å². The number of para-hydroxylation sites is 1. The quantitative estimate of drug-likeness (QED) is 0.438. The van der Waals surface area contributed by atoms with E-state index in [1.807, 2.05) is 56.3 Å². The molecule has 0 radical (unpaired) electrons. The van der Waals surface area contributed by atoms with Gasteiger partial charge in [0.05, 0.1) is 12.6 Å². The third-order valence-corrected chi connectivity index (χ3v) is 3.24.